The average Bonchev–Trinajstić information content (AvgIpc) is 3.78. The summed E-state index contributed by atoms with van der Waals surface area (Å²) < 4.78 is 0. The minimum atomic E-state index is -1.16. The van der Waals surface area contributed by atoms with E-state index in [1.165, 1.54) is 11.1 Å². The molecule has 10 atom stereocenters. The molecule has 7 rings (SSSR count). The largest absolute Gasteiger partial charge is 0.376 e. The van der Waals surface area contributed by atoms with Crippen molar-refractivity contribution < 1.29 is 33.9 Å². The summed E-state index contributed by atoms with van der Waals surface area (Å²) in [7, 11) is 3.35. The predicted molar refractivity (Wildman–Crippen MR) is 282 cm³/mol. The minimum absolute atomic E-state index is 0.0466. The Morgan fingerprint density at radius 3 is 1.75 bits per heavy atom. The molecule has 7 amide bonds. The van der Waals surface area contributed by atoms with E-state index in [1.807, 2.05) is 77.9 Å². The highest BCUT2D eigenvalue weighted by Crippen LogP contribution is 2.35. The van der Waals surface area contributed by atoms with E-state index < -0.39 is 65.4 Å². The Morgan fingerprint density at radius 1 is 0.658 bits per heavy atom. The third kappa shape index (κ3) is 12.9. The number of carbonyl (C=O) groups excluding carboxylic acids is 6. The van der Waals surface area contributed by atoms with Crippen LogP contribution in [0.1, 0.15) is 133 Å². The van der Waals surface area contributed by atoms with Crippen molar-refractivity contribution in [2.75, 3.05) is 26.0 Å². The second-order valence-electron chi connectivity index (χ2n) is 22.8. The van der Waals surface area contributed by atoms with Crippen molar-refractivity contribution in [1.29, 1.82) is 0 Å². The molecular weight excluding hydrogens is 925 g/mol. The summed E-state index contributed by atoms with van der Waals surface area (Å²) in [6.45, 7) is 14.9. The van der Waals surface area contributed by atoms with Gasteiger partial charge in [-0.25, -0.2) is 4.79 Å². The van der Waals surface area contributed by atoms with Crippen LogP contribution in [0.5, 0.6) is 0 Å². The van der Waals surface area contributed by atoms with Crippen LogP contribution >= 0.6 is 0 Å². The number of likely N-dealkylation sites (tertiary alicyclic amines) is 1. The second kappa shape index (κ2) is 23.1. The summed E-state index contributed by atoms with van der Waals surface area (Å²) >= 11 is 0. The number of aryl methyl sites for hydroxylation is 2. The quantitative estimate of drug-likeness (QED) is 0.0971. The number of aliphatic hydroxyl groups excluding tert-OH is 1. The lowest BCUT2D eigenvalue weighted by Crippen LogP contribution is -2.62. The molecule has 3 aromatic rings. The second-order valence-corrected chi connectivity index (χ2v) is 22.8. The topological polar surface area (TPSA) is 225 Å². The standard InChI is InChI=1S/C56H80N10O7/c1-32(57-9)48(67)63-46(55(3,4)5)52(71)65-30-37-27-38(26-25-36(37)28-44(65)50(69)61-42-23-15-19-34-17-11-13-21-40(34)42)59-54(73)60-39-29-45(51(70)62-43-24-16-20-35-18-12-14-22-41(35)43)66(31-39)53(72)47(56(6,7)8)64-49(68)33(2)58-10/h11-14,17-18,21-22,25-27,32-33,39,42-47,51,57-58,62,70H,15-16,19-20,23-24,28-31H2,1-10H3,(H,61,69)(H,63,67)(H,64,68)(H2,59,60,73). The van der Waals surface area contributed by atoms with Gasteiger partial charge >= 0.3 is 6.03 Å². The minimum Gasteiger partial charge on any atom is -0.376 e. The molecule has 0 aromatic heterocycles. The van der Waals surface area contributed by atoms with Crippen LogP contribution in [0.2, 0.25) is 0 Å². The van der Waals surface area contributed by atoms with Gasteiger partial charge in [0.1, 0.15) is 24.4 Å². The van der Waals surface area contributed by atoms with Crippen LogP contribution in [0.4, 0.5) is 10.5 Å². The molecule has 2 aliphatic carbocycles. The van der Waals surface area contributed by atoms with E-state index in [2.05, 4.69) is 60.7 Å². The van der Waals surface area contributed by atoms with E-state index in [9.17, 15) is 33.9 Å². The van der Waals surface area contributed by atoms with Gasteiger partial charge in [-0.15, -0.1) is 0 Å². The van der Waals surface area contributed by atoms with Gasteiger partial charge in [-0.1, -0.05) is 96.1 Å². The van der Waals surface area contributed by atoms with Crippen molar-refractivity contribution >= 4 is 41.3 Å². The molecule has 10 unspecified atom stereocenters. The molecule has 0 spiro atoms. The van der Waals surface area contributed by atoms with Gasteiger partial charge in [-0.2, -0.15) is 0 Å². The lowest BCUT2D eigenvalue weighted by atomic mass is 9.83. The molecule has 2 aliphatic heterocycles. The van der Waals surface area contributed by atoms with Crippen LogP contribution in [0, 0.1) is 10.8 Å². The molecule has 0 radical (unpaired) electrons. The maximum Gasteiger partial charge on any atom is 0.319 e. The zero-order chi connectivity index (χ0) is 52.9. The first-order chi connectivity index (χ1) is 34.6. The van der Waals surface area contributed by atoms with Crippen LogP contribution < -0.4 is 42.5 Å². The summed E-state index contributed by atoms with van der Waals surface area (Å²) in [5.41, 5.74) is 5.22. The van der Waals surface area contributed by atoms with Crippen molar-refractivity contribution in [1.82, 2.24) is 47.0 Å². The molecule has 3 aromatic carbocycles. The van der Waals surface area contributed by atoms with Crippen LogP contribution in [0.25, 0.3) is 0 Å². The molecule has 17 nitrogen and oxygen atoms in total. The van der Waals surface area contributed by atoms with E-state index in [0.717, 1.165) is 60.8 Å². The molecule has 1 fully saturated rings. The Labute approximate surface area is 431 Å². The van der Waals surface area contributed by atoms with Crippen LogP contribution in [0.15, 0.2) is 66.7 Å². The van der Waals surface area contributed by atoms with Crippen LogP contribution in [0.3, 0.4) is 0 Å². The Bertz CT molecular complexity index is 2500. The van der Waals surface area contributed by atoms with Gasteiger partial charge < -0.3 is 52.1 Å². The maximum atomic E-state index is 14.9. The number of nitrogens with one attached hydrogen (secondary N) is 8. The van der Waals surface area contributed by atoms with E-state index in [1.54, 1.807) is 49.9 Å². The fraction of sp³-hybridized carbons (Fsp3) is 0.571. The van der Waals surface area contributed by atoms with Gasteiger partial charge in [-0.3, -0.25) is 29.3 Å². The number of hydrogen-bond donors (Lipinski definition) is 9. The number of likely N-dealkylation sites (N-methyl/N-ethyl adjacent to an activating group) is 2. The molecule has 17 heteroatoms. The summed E-state index contributed by atoms with van der Waals surface area (Å²) in [5, 5.41) is 36.6. The van der Waals surface area contributed by atoms with E-state index >= 15 is 0 Å². The lowest BCUT2D eigenvalue weighted by molar-refractivity contribution is -0.147. The molecule has 4 aliphatic rings. The number of carbonyl (C=O) groups is 6. The Morgan fingerprint density at radius 2 is 1.19 bits per heavy atom. The van der Waals surface area contributed by atoms with Gasteiger partial charge in [0, 0.05) is 31.2 Å². The van der Waals surface area contributed by atoms with Gasteiger partial charge in [0.15, 0.2) is 0 Å². The number of rotatable bonds is 15. The number of urea groups is 1. The average molecular weight is 1010 g/mol. The van der Waals surface area contributed by atoms with Crippen LogP contribution in [-0.2, 0) is 49.8 Å². The number of fused-ring (bicyclic) bond motifs is 3. The number of anilines is 1. The van der Waals surface area contributed by atoms with Gasteiger partial charge in [0.2, 0.25) is 29.5 Å². The molecule has 396 valence electrons. The fourth-order valence-electron chi connectivity index (χ4n) is 10.8. The summed E-state index contributed by atoms with van der Waals surface area (Å²) in [6, 6.07) is 15.6. The first-order valence-corrected chi connectivity index (χ1v) is 26.2. The maximum absolute atomic E-state index is 14.9. The fourth-order valence-corrected chi connectivity index (χ4v) is 10.8. The van der Waals surface area contributed by atoms with E-state index in [4.69, 9.17) is 0 Å². The Kier molecular flexibility index (Phi) is 17.4. The number of hydrogen-bond acceptors (Lipinski definition) is 10. The number of nitrogens with zero attached hydrogens (tertiary/aromatic N) is 2. The van der Waals surface area contributed by atoms with Crippen molar-refractivity contribution in [2.24, 2.45) is 10.8 Å². The highest BCUT2D eigenvalue weighted by molar-refractivity contribution is 5.95. The Hall–Kier alpha value is -5.88. The van der Waals surface area contributed by atoms with E-state index in [-0.39, 0.29) is 67.6 Å². The molecule has 0 bridgehead atoms. The van der Waals surface area contributed by atoms with E-state index in [0.29, 0.717) is 5.69 Å². The monoisotopic (exact) mass is 1000 g/mol. The van der Waals surface area contributed by atoms with Crippen LogP contribution in [-0.4, -0.2) is 120 Å². The zero-order valence-electron chi connectivity index (χ0n) is 44.5. The summed E-state index contributed by atoms with van der Waals surface area (Å²) in [4.78, 5) is 88.0. The first-order valence-electron chi connectivity index (χ1n) is 26.2. The van der Waals surface area contributed by atoms with Crippen molar-refractivity contribution in [3.8, 4) is 0 Å². The first kappa shape index (κ1) is 54.9. The number of benzene rings is 3. The third-order valence-electron chi connectivity index (χ3n) is 15.4. The highest BCUT2D eigenvalue weighted by atomic mass is 16.3. The molecular formula is C56H80N10O7. The van der Waals surface area contributed by atoms with Crippen molar-refractivity contribution in [2.45, 2.75) is 174 Å². The highest BCUT2D eigenvalue weighted by Gasteiger charge is 2.47. The lowest BCUT2D eigenvalue weighted by Gasteiger charge is -2.42. The molecule has 9 N–H and O–H groups in total. The number of amides is 7. The van der Waals surface area contributed by atoms with Gasteiger partial charge in [0.25, 0.3) is 0 Å². The Balaban J connectivity index is 1.12. The van der Waals surface area contributed by atoms with Crippen molar-refractivity contribution in [3.05, 3.63) is 100 Å². The molecule has 1 saturated heterocycles. The van der Waals surface area contributed by atoms with Gasteiger partial charge in [0.05, 0.1) is 30.2 Å². The molecule has 73 heavy (non-hydrogen) atoms. The third-order valence-corrected chi connectivity index (χ3v) is 15.4. The molecule has 2 heterocycles. The molecule has 0 saturated carbocycles. The SMILES string of the molecule is CNC(C)C(=O)NC(C(=O)N1Cc2cc(NC(=O)NC3CC(C(O)NC4CCCc5ccccc54)N(C(=O)C(NC(=O)C(C)NC)C(C)(C)C)C3)ccc2CC1C(=O)NC1CCCc2ccccc21)C(C)(C)C. The van der Waals surface area contributed by atoms with Gasteiger partial charge in [-0.05, 0) is 129 Å². The van der Waals surface area contributed by atoms with Crippen molar-refractivity contribution in [3.63, 3.8) is 0 Å². The summed E-state index contributed by atoms with van der Waals surface area (Å²) in [5.74, 6) is -1.70. The number of aliphatic hydroxyl groups is 1. The smallest absolute Gasteiger partial charge is 0.319 e. The summed E-state index contributed by atoms with van der Waals surface area (Å²) in [6.07, 6.45) is 4.61. The normalized spacial score (nSPS) is 22.8. The predicted octanol–water partition coefficient (Wildman–Crippen LogP) is 4.49. The zero-order valence-corrected chi connectivity index (χ0v) is 44.5.